The van der Waals surface area contributed by atoms with Crippen molar-refractivity contribution >= 4 is 46.4 Å². The highest BCUT2D eigenvalue weighted by molar-refractivity contribution is 6.39. The Labute approximate surface area is 179 Å². The van der Waals surface area contributed by atoms with Gasteiger partial charge in [0.15, 0.2) is 0 Å². The Bertz CT molecular complexity index is 958. The van der Waals surface area contributed by atoms with Crippen LogP contribution in [0.2, 0.25) is 5.02 Å². The van der Waals surface area contributed by atoms with Crippen LogP contribution in [0.15, 0.2) is 47.6 Å². The number of amides is 3. The summed E-state index contributed by atoms with van der Waals surface area (Å²) in [6, 6.07) is 12.0. The number of halogens is 1. The topological polar surface area (TPSA) is 109 Å². The number of hydrazone groups is 1. The third kappa shape index (κ3) is 6.89. The van der Waals surface area contributed by atoms with Crippen molar-refractivity contribution in [2.75, 3.05) is 17.7 Å². The molecule has 0 aliphatic carbocycles. The van der Waals surface area contributed by atoms with E-state index in [1.807, 2.05) is 19.1 Å². The second-order valence-electron chi connectivity index (χ2n) is 6.36. The summed E-state index contributed by atoms with van der Waals surface area (Å²) < 4.78 is 5.17. The van der Waals surface area contributed by atoms with Crippen LogP contribution in [0, 0.1) is 0 Å². The van der Waals surface area contributed by atoms with Crippen molar-refractivity contribution in [1.29, 1.82) is 0 Å². The number of aryl methyl sites for hydroxylation is 1. The number of methoxy groups -OCH3 is 1. The number of carbonyl (C=O) groups is 3. The molecule has 0 unspecified atom stereocenters. The number of ether oxygens (including phenoxy) is 1. The van der Waals surface area contributed by atoms with Crippen LogP contribution in [0.4, 0.5) is 11.4 Å². The van der Waals surface area contributed by atoms with Gasteiger partial charge in [0, 0.05) is 16.4 Å². The Morgan fingerprint density at radius 2 is 1.73 bits per heavy atom. The molecule has 9 heteroatoms. The maximum Gasteiger partial charge on any atom is 0.329 e. The Balaban J connectivity index is 1.87. The van der Waals surface area contributed by atoms with Gasteiger partial charge < -0.3 is 15.4 Å². The fourth-order valence-corrected chi connectivity index (χ4v) is 2.62. The van der Waals surface area contributed by atoms with Crippen molar-refractivity contribution in [2.45, 2.75) is 26.7 Å². The summed E-state index contributed by atoms with van der Waals surface area (Å²) in [6.07, 6.45) is 0.774. The van der Waals surface area contributed by atoms with Gasteiger partial charge in [0.2, 0.25) is 5.91 Å². The molecule has 0 saturated carbocycles. The third-order valence-corrected chi connectivity index (χ3v) is 4.26. The van der Waals surface area contributed by atoms with E-state index in [0.717, 1.165) is 12.0 Å². The van der Waals surface area contributed by atoms with Gasteiger partial charge in [-0.05, 0) is 49.2 Å². The van der Waals surface area contributed by atoms with E-state index in [4.69, 9.17) is 16.3 Å². The first-order chi connectivity index (χ1) is 14.3. The lowest BCUT2D eigenvalue weighted by molar-refractivity contribution is -0.136. The monoisotopic (exact) mass is 430 g/mol. The zero-order valence-electron chi connectivity index (χ0n) is 16.9. The fourth-order valence-electron chi connectivity index (χ4n) is 2.45. The van der Waals surface area contributed by atoms with E-state index in [0.29, 0.717) is 27.9 Å². The van der Waals surface area contributed by atoms with Crippen LogP contribution in [0.25, 0.3) is 0 Å². The number of nitrogens with one attached hydrogen (secondary N) is 3. The minimum Gasteiger partial charge on any atom is -0.495 e. The minimum absolute atomic E-state index is 0.101. The van der Waals surface area contributed by atoms with Crippen molar-refractivity contribution in [3.63, 3.8) is 0 Å². The number of anilines is 2. The molecule has 3 N–H and O–H groups in total. The molecule has 158 valence electrons. The number of hydrogen-bond donors (Lipinski definition) is 3. The van der Waals surface area contributed by atoms with Crippen LogP contribution in [0.1, 0.15) is 25.8 Å². The highest BCUT2D eigenvalue weighted by atomic mass is 35.5. The maximum atomic E-state index is 12.2. The molecule has 0 atom stereocenters. The predicted octanol–water partition coefficient (Wildman–Crippen LogP) is 3.37. The molecule has 0 aromatic heterocycles. The Kier molecular flexibility index (Phi) is 8.37. The van der Waals surface area contributed by atoms with Gasteiger partial charge in [-0.25, -0.2) is 5.43 Å². The summed E-state index contributed by atoms with van der Waals surface area (Å²) in [5.41, 5.74) is 4.48. The molecule has 3 amide bonds. The number of rotatable bonds is 7. The van der Waals surface area contributed by atoms with Crippen LogP contribution in [-0.2, 0) is 20.8 Å². The Hall–Kier alpha value is -3.39. The standard InChI is InChI=1S/C21H23ClN4O4/c1-4-14-5-8-16(9-6-14)23-20(28)21(29)26-25-13(2)11-19(27)24-17-12-15(22)7-10-18(17)30-3/h5-10,12H,4,11H2,1-3H3,(H,23,28)(H,24,27)(H,26,29)/b25-13-. The average molecular weight is 431 g/mol. The third-order valence-electron chi connectivity index (χ3n) is 4.03. The molecule has 0 aliphatic rings. The van der Waals surface area contributed by atoms with Crippen LogP contribution in [0.3, 0.4) is 0 Å². The fraction of sp³-hybridized carbons (Fsp3) is 0.238. The molecule has 8 nitrogen and oxygen atoms in total. The zero-order chi connectivity index (χ0) is 22.1. The second kappa shape index (κ2) is 11.0. The van der Waals surface area contributed by atoms with Crippen molar-refractivity contribution in [3.8, 4) is 5.75 Å². The summed E-state index contributed by atoms with van der Waals surface area (Å²) in [5, 5.41) is 9.38. The molecular formula is C21H23ClN4O4. The first-order valence-corrected chi connectivity index (χ1v) is 9.57. The SMILES string of the molecule is CCc1ccc(NC(=O)C(=O)N/N=C(/C)CC(=O)Nc2cc(Cl)ccc2OC)cc1. The molecule has 0 heterocycles. The molecule has 0 fully saturated rings. The molecule has 0 bridgehead atoms. The van der Waals surface area contributed by atoms with Crippen LogP contribution < -0.4 is 20.8 Å². The van der Waals surface area contributed by atoms with Gasteiger partial charge in [-0.1, -0.05) is 30.7 Å². The smallest absolute Gasteiger partial charge is 0.329 e. The molecule has 0 aliphatic heterocycles. The van der Waals surface area contributed by atoms with Crippen molar-refractivity contribution in [1.82, 2.24) is 5.43 Å². The van der Waals surface area contributed by atoms with Gasteiger partial charge in [0.05, 0.1) is 19.2 Å². The van der Waals surface area contributed by atoms with Gasteiger partial charge in [-0.15, -0.1) is 0 Å². The minimum atomic E-state index is -0.939. The van der Waals surface area contributed by atoms with E-state index < -0.39 is 11.8 Å². The second-order valence-corrected chi connectivity index (χ2v) is 6.80. The quantitative estimate of drug-likeness (QED) is 0.355. The largest absolute Gasteiger partial charge is 0.495 e. The normalized spacial score (nSPS) is 10.9. The first-order valence-electron chi connectivity index (χ1n) is 9.19. The Morgan fingerprint density at radius 1 is 1.03 bits per heavy atom. The molecule has 2 aromatic carbocycles. The summed E-state index contributed by atoms with van der Waals surface area (Å²) in [5.74, 6) is -1.72. The van der Waals surface area contributed by atoms with Gasteiger partial charge >= 0.3 is 11.8 Å². The van der Waals surface area contributed by atoms with Crippen LogP contribution >= 0.6 is 11.6 Å². The predicted molar refractivity (Wildman–Crippen MR) is 117 cm³/mol. The van der Waals surface area contributed by atoms with E-state index in [2.05, 4.69) is 21.2 Å². The summed E-state index contributed by atoms with van der Waals surface area (Å²) in [4.78, 5) is 36.0. The van der Waals surface area contributed by atoms with E-state index in [-0.39, 0.29) is 12.3 Å². The van der Waals surface area contributed by atoms with Gasteiger partial charge in [-0.2, -0.15) is 5.10 Å². The molecule has 30 heavy (non-hydrogen) atoms. The summed E-state index contributed by atoms with van der Waals surface area (Å²) >= 11 is 5.93. The number of carbonyl (C=O) groups excluding carboxylic acids is 3. The highest BCUT2D eigenvalue weighted by Gasteiger charge is 2.14. The molecule has 0 radical (unpaired) electrons. The molecule has 0 spiro atoms. The van der Waals surface area contributed by atoms with Crippen LogP contribution in [-0.4, -0.2) is 30.5 Å². The van der Waals surface area contributed by atoms with Crippen molar-refractivity contribution < 1.29 is 19.1 Å². The number of hydrogen-bond acceptors (Lipinski definition) is 5. The molecular weight excluding hydrogens is 408 g/mol. The maximum absolute atomic E-state index is 12.2. The Morgan fingerprint density at radius 3 is 2.37 bits per heavy atom. The summed E-state index contributed by atoms with van der Waals surface area (Å²) in [6.45, 7) is 3.57. The highest BCUT2D eigenvalue weighted by Crippen LogP contribution is 2.27. The van der Waals surface area contributed by atoms with E-state index in [1.54, 1.807) is 37.3 Å². The van der Waals surface area contributed by atoms with E-state index in [9.17, 15) is 14.4 Å². The van der Waals surface area contributed by atoms with Gasteiger partial charge in [0.1, 0.15) is 5.75 Å². The number of benzene rings is 2. The average Bonchev–Trinajstić information content (AvgIpc) is 2.72. The van der Waals surface area contributed by atoms with Crippen molar-refractivity contribution in [3.05, 3.63) is 53.1 Å². The first kappa shape index (κ1) is 22.9. The van der Waals surface area contributed by atoms with E-state index in [1.165, 1.54) is 7.11 Å². The molecule has 2 aromatic rings. The lowest BCUT2D eigenvalue weighted by atomic mass is 10.1. The summed E-state index contributed by atoms with van der Waals surface area (Å²) in [7, 11) is 1.48. The van der Waals surface area contributed by atoms with Crippen molar-refractivity contribution in [2.24, 2.45) is 5.10 Å². The number of nitrogens with zero attached hydrogens (tertiary/aromatic N) is 1. The lowest BCUT2D eigenvalue weighted by Crippen LogP contribution is -2.33. The zero-order valence-corrected chi connectivity index (χ0v) is 17.7. The molecule has 0 saturated heterocycles. The molecule has 2 rings (SSSR count). The van der Waals surface area contributed by atoms with Crippen LogP contribution in [0.5, 0.6) is 5.75 Å². The van der Waals surface area contributed by atoms with E-state index >= 15 is 0 Å². The van der Waals surface area contributed by atoms with Gasteiger partial charge in [0.25, 0.3) is 0 Å². The lowest BCUT2D eigenvalue weighted by Gasteiger charge is -2.10. The van der Waals surface area contributed by atoms with Gasteiger partial charge in [-0.3, -0.25) is 14.4 Å².